The van der Waals surface area contributed by atoms with Gasteiger partial charge in [-0.15, -0.1) is 0 Å². The molecular weight excluding hydrogens is 152 g/mol. The molecule has 0 aromatic carbocycles. The fourth-order valence-electron chi connectivity index (χ4n) is 1.42. The molecule has 0 amide bonds. The topological polar surface area (TPSA) is 26.3 Å². The van der Waals surface area contributed by atoms with Crippen molar-refractivity contribution in [2.45, 2.75) is 46.6 Å². The highest BCUT2D eigenvalue weighted by molar-refractivity contribution is 5.71. The largest absolute Gasteiger partial charge is 0.462 e. The van der Waals surface area contributed by atoms with Gasteiger partial charge in [-0.3, -0.25) is 4.79 Å². The van der Waals surface area contributed by atoms with E-state index < -0.39 is 0 Å². The van der Waals surface area contributed by atoms with Crippen LogP contribution in [-0.4, -0.2) is 12.1 Å². The van der Waals surface area contributed by atoms with Crippen molar-refractivity contribution in [1.29, 1.82) is 0 Å². The molecule has 1 rings (SSSR count). The van der Waals surface area contributed by atoms with Crippen molar-refractivity contribution >= 4 is 5.97 Å². The van der Waals surface area contributed by atoms with Gasteiger partial charge < -0.3 is 4.74 Å². The van der Waals surface area contributed by atoms with Gasteiger partial charge in [0, 0.05) is 11.8 Å². The molecule has 0 spiro atoms. The average molecular weight is 170 g/mol. The summed E-state index contributed by atoms with van der Waals surface area (Å²) in [6, 6.07) is 0. The molecule has 0 radical (unpaired) electrons. The zero-order valence-electron chi connectivity index (χ0n) is 8.39. The van der Waals surface area contributed by atoms with Crippen molar-refractivity contribution < 1.29 is 9.53 Å². The molecule has 0 aromatic rings. The van der Waals surface area contributed by atoms with Gasteiger partial charge in [-0.05, 0) is 12.3 Å². The minimum atomic E-state index is -0.0336. The Balaban J connectivity index is 2.63. The Labute approximate surface area is 74.3 Å². The van der Waals surface area contributed by atoms with E-state index in [2.05, 4.69) is 27.7 Å². The molecule has 1 aliphatic heterocycles. The first-order valence-corrected chi connectivity index (χ1v) is 4.64. The first-order chi connectivity index (χ1) is 5.44. The van der Waals surface area contributed by atoms with Crippen LogP contribution < -0.4 is 0 Å². The van der Waals surface area contributed by atoms with Crippen LogP contribution in [0.5, 0.6) is 0 Å². The van der Waals surface area contributed by atoms with E-state index in [9.17, 15) is 4.79 Å². The van der Waals surface area contributed by atoms with Gasteiger partial charge in [0.2, 0.25) is 0 Å². The van der Waals surface area contributed by atoms with Crippen LogP contribution >= 0.6 is 0 Å². The van der Waals surface area contributed by atoms with Crippen molar-refractivity contribution in [2.24, 2.45) is 11.3 Å². The Bertz CT molecular complexity index is 182. The zero-order valence-corrected chi connectivity index (χ0v) is 8.39. The monoisotopic (exact) mass is 170 g/mol. The maximum absolute atomic E-state index is 10.9. The summed E-state index contributed by atoms with van der Waals surface area (Å²) in [5.41, 5.74) is 0.117. The maximum atomic E-state index is 10.9. The molecule has 0 aliphatic carbocycles. The predicted molar refractivity (Wildman–Crippen MR) is 47.7 cm³/mol. The number of hydrogen-bond acceptors (Lipinski definition) is 2. The highest BCUT2D eigenvalue weighted by Crippen LogP contribution is 2.37. The first kappa shape index (κ1) is 9.56. The quantitative estimate of drug-likeness (QED) is 0.595. The van der Waals surface area contributed by atoms with Crippen LogP contribution in [0.25, 0.3) is 0 Å². The van der Waals surface area contributed by atoms with Crippen LogP contribution in [0.2, 0.25) is 0 Å². The molecule has 1 fully saturated rings. The Morgan fingerprint density at radius 3 is 2.42 bits per heavy atom. The van der Waals surface area contributed by atoms with E-state index in [1.165, 1.54) is 0 Å². The molecule has 70 valence electrons. The minimum Gasteiger partial charge on any atom is -0.462 e. The second kappa shape index (κ2) is 3.08. The van der Waals surface area contributed by atoms with Gasteiger partial charge in [0.15, 0.2) is 0 Å². The summed E-state index contributed by atoms with van der Waals surface area (Å²) in [5.74, 6) is 0.516. The van der Waals surface area contributed by atoms with Crippen LogP contribution in [0.3, 0.4) is 0 Å². The fraction of sp³-hybridized carbons (Fsp3) is 0.900. The summed E-state index contributed by atoms with van der Waals surface area (Å²) >= 11 is 0. The third kappa shape index (κ3) is 1.62. The molecular formula is C10H18O2. The lowest BCUT2D eigenvalue weighted by atomic mass is 9.75. The second-order valence-corrected chi connectivity index (χ2v) is 4.49. The Kier molecular flexibility index (Phi) is 2.45. The Morgan fingerprint density at radius 1 is 1.50 bits per heavy atom. The Hall–Kier alpha value is -0.530. The number of esters is 1. The fourth-order valence-corrected chi connectivity index (χ4v) is 1.42. The molecule has 1 unspecified atom stereocenters. The lowest BCUT2D eigenvalue weighted by Crippen LogP contribution is -2.33. The molecule has 1 aliphatic rings. The van der Waals surface area contributed by atoms with E-state index in [0.717, 1.165) is 6.42 Å². The maximum Gasteiger partial charge on any atom is 0.306 e. The lowest BCUT2D eigenvalue weighted by molar-refractivity contribution is -0.146. The summed E-state index contributed by atoms with van der Waals surface area (Å²) < 4.78 is 5.25. The number of carbonyl (C=O) groups is 1. The van der Waals surface area contributed by atoms with Crippen LogP contribution in [0, 0.1) is 11.3 Å². The normalized spacial score (nSPS) is 24.8. The van der Waals surface area contributed by atoms with Gasteiger partial charge in [0.05, 0.1) is 0 Å². The van der Waals surface area contributed by atoms with E-state index in [0.29, 0.717) is 12.3 Å². The van der Waals surface area contributed by atoms with Crippen LogP contribution in [0.1, 0.15) is 40.5 Å². The third-order valence-electron chi connectivity index (χ3n) is 3.20. The zero-order chi connectivity index (χ0) is 9.35. The summed E-state index contributed by atoms with van der Waals surface area (Å²) in [6.07, 6.45) is 1.62. The van der Waals surface area contributed by atoms with Gasteiger partial charge in [-0.2, -0.15) is 0 Å². The Morgan fingerprint density at radius 2 is 2.08 bits per heavy atom. The van der Waals surface area contributed by atoms with E-state index in [1.54, 1.807) is 0 Å². The van der Waals surface area contributed by atoms with Crippen molar-refractivity contribution in [2.75, 3.05) is 0 Å². The summed E-state index contributed by atoms with van der Waals surface area (Å²) in [7, 11) is 0. The summed E-state index contributed by atoms with van der Waals surface area (Å²) in [4.78, 5) is 10.9. The van der Waals surface area contributed by atoms with Gasteiger partial charge in [0.25, 0.3) is 0 Å². The van der Waals surface area contributed by atoms with Crippen LogP contribution in [0.15, 0.2) is 0 Å². The standard InChI is InChI=1S/C10H18O2/c1-7(2)10(3,4)8-5-6-9(11)12-8/h7-8H,5-6H2,1-4H3. The third-order valence-corrected chi connectivity index (χ3v) is 3.20. The van der Waals surface area contributed by atoms with E-state index >= 15 is 0 Å². The second-order valence-electron chi connectivity index (χ2n) is 4.49. The van der Waals surface area contributed by atoms with Gasteiger partial charge >= 0.3 is 5.97 Å². The lowest BCUT2D eigenvalue weighted by Gasteiger charge is -2.34. The smallest absolute Gasteiger partial charge is 0.306 e. The molecule has 1 heterocycles. The minimum absolute atomic E-state index is 0.0336. The number of rotatable bonds is 2. The number of hydrogen-bond donors (Lipinski definition) is 0. The molecule has 12 heavy (non-hydrogen) atoms. The highest BCUT2D eigenvalue weighted by Gasteiger charge is 2.38. The van der Waals surface area contributed by atoms with Crippen LogP contribution in [0.4, 0.5) is 0 Å². The molecule has 1 saturated heterocycles. The molecule has 0 N–H and O–H groups in total. The number of carbonyl (C=O) groups excluding carboxylic acids is 1. The average Bonchev–Trinajstić information content (AvgIpc) is 2.35. The molecule has 2 nitrogen and oxygen atoms in total. The van der Waals surface area contributed by atoms with Crippen molar-refractivity contribution in [3.05, 3.63) is 0 Å². The van der Waals surface area contributed by atoms with Crippen LogP contribution in [-0.2, 0) is 9.53 Å². The van der Waals surface area contributed by atoms with Gasteiger partial charge in [0.1, 0.15) is 6.10 Å². The van der Waals surface area contributed by atoms with Gasteiger partial charge in [-0.25, -0.2) is 0 Å². The summed E-state index contributed by atoms with van der Waals surface area (Å²) in [5, 5.41) is 0. The van der Waals surface area contributed by atoms with Gasteiger partial charge in [-0.1, -0.05) is 27.7 Å². The van der Waals surface area contributed by atoms with Crippen molar-refractivity contribution in [1.82, 2.24) is 0 Å². The molecule has 0 saturated carbocycles. The molecule has 1 atom stereocenters. The molecule has 0 bridgehead atoms. The highest BCUT2D eigenvalue weighted by atomic mass is 16.5. The van der Waals surface area contributed by atoms with E-state index in [-0.39, 0.29) is 17.5 Å². The number of ether oxygens (including phenoxy) is 1. The molecule has 2 heteroatoms. The summed E-state index contributed by atoms with van der Waals surface area (Å²) in [6.45, 7) is 8.68. The number of cyclic esters (lactones) is 1. The SMILES string of the molecule is CC(C)C(C)(C)C1CCC(=O)O1. The predicted octanol–water partition coefficient (Wildman–Crippen LogP) is 2.37. The molecule has 0 aromatic heterocycles. The first-order valence-electron chi connectivity index (χ1n) is 4.64. The van der Waals surface area contributed by atoms with E-state index in [1.807, 2.05) is 0 Å². The van der Waals surface area contributed by atoms with Crippen molar-refractivity contribution in [3.8, 4) is 0 Å². The van der Waals surface area contributed by atoms with E-state index in [4.69, 9.17) is 4.74 Å². The van der Waals surface area contributed by atoms with Crippen molar-refractivity contribution in [3.63, 3.8) is 0 Å².